The Morgan fingerprint density at radius 3 is 2.71 bits per heavy atom. The van der Waals surface area contributed by atoms with E-state index < -0.39 is 0 Å². The lowest BCUT2D eigenvalue weighted by molar-refractivity contribution is 0.392. The highest BCUT2D eigenvalue weighted by Gasteiger charge is 2.10. The molecule has 0 unspecified atom stereocenters. The lowest BCUT2D eigenvalue weighted by Crippen LogP contribution is -2.05. The molecule has 0 saturated carbocycles. The second-order valence-corrected chi connectivity index (χ2v) is 4.15. The maximum atomic E-state index is 5.92. The summed E-state index contributed by atoms with van der Waals surface area (Å²) in [5.41, 5.74) is 2.76. The van der Waals surface area contributed by atoms with E-state index in [1.54, 1.807) is 0 Å². The summed E-state index contributed by atoms with van der Waals surface area (Å²) < 4.78 is 5.09. The monoisotopic (exact) mass is 252 g/mol. The van der Waals surface area contributed by atoms with Crippen molar-refractivity contribution in [3.05, 3.63) is 34.1 Å². The fourth-order valence-corrected chi connectivity index (χ4v) is 1.67. The van der Waals surface area contributed by atoms with E-state index in [0.717, 1.165) is 28.4 Å². The number of halogens is 1. The minimum Gasteiger partial charge on any atom is -0.365 e. The SMILES string of the molecule is Cc1noc(C)c1CNc1ncnc(Cl)c1C. The van der Waals surface area contributed by atoms with Crippen molar-refractivity contribution in [1.29, 1.82) is 0 Å². The zero-order valence-corrected chi connectivity index (χ0v) is 10.7. The molecule has 1 N–H and O–H groups in total. The van der Waals surface area contributed by atoms with E-state index in [2.05, 4.69) is 20.4 Å². The van der Waals surface area contributed by atoms with Gasteiger partial charge in [0.05, 0.1) is 5.69 Å². The maximum absolute atomic E-state index is 5.92. The number of hydrogen-bond acceptors (Lipinski definition) is 5. The van der Waals surface area contributed by atoms with Gasteiger partial charge in [-0.05, 0) is 20.8 Å². The average molecular weight is 253 g/mol. The normalized spacial score (nSPS) is 10.6. The van der Waals surface area contributed by atoms with Crippen molar-refractivity contribution >= 4 is 17.4 Å². The van der Waals surface area contributed by atoms with Crippen molar-refractivity contribution in [2.45, 2.75) is 27.3 Å². The van der Waals surface area contributed by atoms with E-state index in [1.807, 2.05) is 20.8 Å². The van der Waals surface area contributed by atoms with Crippen LogP contribution in [0.5, 0.6) is 0 Å². The van der Waals surface area contributed by atoms with Crippen LogP contribution in [0.2, 0.25) is 5.15 Å². The Bertz CT molecular complexity index is 519. The van der Waals surface area contributed by atoms with Crippen molar-refractivity contribution in [2.24, 2.45) is 0 Å². The van der Waals surface area contributed by atoms with Crippen molar-refractivity contribution in [1.82, 2.24) is 15.1 Å². The maximum Gasteiger partial charge on any atom is 0.138 e. The van der Waals surface area contributed by atoms with Gasteiger partial charge in [-0.15, -0.1) is 0 Å². The second kappa shape index (κ2) is 4.71. The Kier molecular flexibility index (Phi) is 3.28. The van der Waals surface area contributed by atoms with Crippen LogP contribution in [0.15, 0.2) is 10.9 Å². The number of hydrogen-bond donors (Lipinski definition) is 1. The van der Waals surface area contributed by atoms with Gasteiger partial charge in [-0.3, -0.25) is 0 Å². The van der Waals surface area contributed by atoms with Crippen molar-refractivity contribution < 1.29 is 4.52 Å². The van der Waals surface area contributed by atoms with Crippen LogP contribution in [0.1, 0.15) is 22.6 Å². The zero-order valence-electron chi connectivity index (χ0n) is 9.91. The van der Waals surface area contributed by atoms with Crippen LogP contribution in [0.25, 0.3) is 0 Å². The van der Waals surface area contributed by atoms with Gasteiger partial charge >= 0.3 is 0 Å². The lowest BCUT2D eigenvalue weighted by atomic mass is 10.2. The number of aryl methyl sites for hydroxylation is 2. The van der Waals surface area contributed by atoms with Crippen LogP contribution in [0, 0.1) is 20.8 Å². The summed E-state index contributed by atoms with van der Waals surface area (Å²) in [4.78, 5) is 8.04. The molecule has 0 aromatic carbocycles. The minimum absolute atomic E-state index is 0.460. The molecule has 2 rings (SSSR count). The fourth-order valence-electron chi connectivity index (χ4n) is 1.53. The van der Waals surface area contributed by atoms with Gasteiger partial charge in [0.1, 0.15) is 23.1 Å². The number of rotatable bonds is 3. The molecule has 2 heterocycles. The summed E-state index contributed by atoms with van der Waals surface area (Å²) in [7, 11) is 0. The highest BCUT2D eigenvalue weighted by molar-refractivity contribution is 6.30. The Morgan fingerprint density at radius 2 is 2.06 bits per heavy atom. The smallest absolute Gasteiger partial charge is 0.138 e. The Labute approximate surface area is 104 Å². The first-order valence-electron chi connectivity index (χ1n) is 5.22. The van der Waals surface area contributed by atoms with E-state index >= 15 is 0 Å². The molecule has 2 aromatic heterocycles. The molecule has 6 heteroatoms. The summed E-state index contributed by atoms with van der Waals surface area (Å²) >= 11 is 5.92. The predicted octanol–water partition coefficient (Wildman–Crippen LogP) is 2.66. The lowest BCUT2D eigenvalue weighted by Gasteiger charge is -2.08. The van der Waals surface area contributed by atoms with Crippen LogP contribution in [0.4, 0.5) is 5.82 Å². The Balaban J connectivity index is 2.15. The van der Waals surface area contributed by atoms with E-state index in [1.165, 1.54) is 6.33 Å². The first-order valence-corrected chi connectivity index (χ1v) is 5.60. The third-order valence-electron chi connectivity index (χ3n) is 2.64. The molecule has 0 radical (unpaired) electrons. The average Bonchev–Trinajstić information content (AvgIpc) is 2.62. The van der Waals surface area contributed by atoms with Crippen molar-refractivity contribution in [2.75, 3.05) is 5.32 Å². The van der Waals surface area contributed by atoms with E-state index in [9.17, 15) is 0 Å². The van der Waals surface area contributed by atoms with Gasteiger partial charge in [0.15, 0.2) is 0 Å². The summed E-state index contributed by atoms with van der Waals surface area (Å²) in [5.74, 6) is 1.54. The fraction of sp³-hybridized carbons (Fsp3) is 0.364. The van der Waals surface area contributed by atoms with E-state index in [0.29, 0.717) is 11.7 Å². The summed E-state index contributed by atoms with van der Waals surface area (Å²) in [6.45, 7) is 6.28. The number of anilines is 1. The van der Waals surface area contributed by atoms with Crippen molar-refractivity contribution in [3.8, 4) is 0 Å². The molecule has 0 aliphatic heterocycles. The third kappa shape index (κ3) is 2.39. The van der Waals surface area contributed by atoms with Crippen LogP contribution in [-0.4, -0.2) is 15.1 Å². The van der Waals surface area contributed by atoms with Crippen molar-refractivity contribution in [3.63, 3.8) is 0 Å². The largest absolute Gasteiger partial charge is 0.365 e. The first kappa shape index (κ1) is 11.9. The molecular weight excluding hydrogens is 240 g/mol. The first-order chi connectivity index (χ1) is 8.09. The molecule has 0 spiro atoms. The van der Waals surface area contributed by atoms with Gasteiger partial charge in [0.25, 0.3) is 0 Å². The molecule has 17 heavy (non-hydrogen) atoms. The van der Waals surface area contributed by atoms with Crippen LogP contribution in [0.3, 0.4) is 0 Å². The van der Waals surface area contributed by atoms with Gasteiger partial charge < -0.3 is 9.84 Å². The quantitative estimate of drug-likeness (QED) is 0.851. The van der Waals surface area contributed by atoms with E-state index in [-0.39, 0.29) is 0 Å². The molecule has 0 saturated heterocycles. The standard InChI is InChI=1S/C11H13ClN4O/c1-6-10(12)14-5-15-11(6)13-4-9-7(2)16-17-8(9)3/h5H,4H2,1-3H3,(H,13,14,15). The molecule has 0 aliphatic carbocycles. The molecule has 2 aromatic rings. The summed E-state index contributed by atoms with van der Waals surface area (Å²) in [6, 6.07) is 0. The van der Waals surface area contributed by atoms with Crippen LogP contribution < -0.4 is 5.32 Å². The summed E-state index contributed by atoms with van der Waals surface area (Å²) in [6.07, 6.45) is 1.44. The molecule has 0 atom stereocenters. The van der Waals surface area contributed by atoms with Crippen LogP contribution in [-0.2, 0) is 6.54 Å². The van der Waals surface area contributed by atoms with Gasteiger partial charge in [-0.1, -0.05) is 16.8 Å². The molecule has 0 bridgehead atoms. The van der Waals surface area contributed by atoms with Gasteiger partial charge in [0, 0.05) is 17.7 Å². The van der Waals surface area contributed by atoms with Gasteiger partial charge in [0.2, 0.25) is 0 Å². The number of aromatic nitrogens is 3. The molecule has 0 fully saturated rings. The van der Waals surface area contributed by atoms with Crippen LogP contribution >= 0.6 is 11.6 Å². The third-order valence-corrected chi connectivity index (χ3v) is 3.02. The molecule has 0 amide bonds. The second-order valence-electron chi connectivity index (χ2n) is 3.79. The minimum atomic E-state index is 0.460. The molecule has 90 valence electrons. The zero-order chi connectivity index (χ0) is 12.4. The molecular formula is C11H13ClN4O. The molecule has 5 nitrogen and oxygen atoms in total. The number of nitrogens with one attached hydrogen (secondary N) is 1. The predicted molar refractivity (Wildman–Crippen MR) is 65.1 cm³/mol. The van der Waals surface area contributed by atoms with Gasteiger partial charge in [-0.25, -0.2) is 9.97 Å². The Hall–Kier alpha value is -1.62. The van der Waals surface area contributed by atoms with E-state index in [4.69, 9.17) is 16.1 Å². The Morgan fingerprint density at radius 1 is 1.29 bits per heavy atom. The molecule has 0 aliphatic rings. The van der Waals surface area contributed by atoms with Gasteiger partial charge in [-0.2, -0.15) is 0 Å². The number of nitrogens with zero attached hydrogens (tertiary/aromatic N) is 3. The summed E-state index contributed by atoms with van der Waals surface area (Å²) in [5, 5.41) is 7.56. The highest BCUT2D eigenvalue weighted by atomic mass is 35.5. The highest BCUT2D eigenvalue weighted by Crippen LogP contribution is 2.20. The topological polar surface area (TPSA) is 63.8 Å².